The SMILES string of the molecule is C=C(/N=C(\C)c1c[nH]c2ccccc12)NC(C)CCC. The second kappa shape index (κ2) is 6.42. The van der Waals surface area contributed by atoms with Crippen molar-refractivity contribution in [3.05, 3.63) is 48.4 Å². The molecule has 1 aromatic carbocycles. The number of rotatable bonds is 6. The van der Waals surface area contributed by atoms with Crippen LogP contribution in [0.4, 0.5) is 0 Å². The van der Waals surface area contributed by atoms with E-state index in [9.17, 15) is 0 Å². The lowest BCUT2D eigenvalue weighted by molar-refractivity contribution is 0.558. The molecule has 0 bridgehead atoms. The van der Waals surface area contributed by atoms with E-state index in [1.807, 2.05) is 25.3 Å². The Morgan fingerprint density at radius 1 is 1.40 bits per heavy atom. The van der Waals surface area contributed by atoms with Crippen molar-refractivity contribution in [1.82, 2.24) is 10.3 Å². The summed E-state index contributed by atoms with van der Waals surface area (Å²) in [4.78, 5) is 7.86. The van der Waals surface area contributed by atoms with Gasteiger partial charge < -0.3 is 10.3 Å². The van der Waals surface area contributed by atoms with E-state index in [2.05, 4.69) is 47.9 Å². The first-order valence-corrected chi connectivity index (χ1v) is 7.19. The Morgan fingerprint density at radius 2 is 2.15 bits per heavy atom. The molecule has 0 spiro atoms. The second-order valence-corrected chi connectivity index (χ2v) is 5.23. The maximum Gasteiger partial charge on any atom is 0.119 e. The molecule has 0 aliphatic heterocycles. The van der Waals surface area contributed by atoms with Crippen molar-refractivity contribution in [3.8, 4) is 0 Å². The molecule has 0 fully saturated rings. The van der Waals surface area contributed by atoms with E-state index >= 15 is 0 Å². The summed E-state index contributed by atoms with van der Waals surface area (Å²) >= 11 is 0. The molecule has 2 rings (SSSR count). The molecular formula is C17H23N3. The van der Waals surface area contributed by atoms with E-state index in [4.69, 9.17) is 0 Å². The lowest BCUT2D eigenvalue weighted by Gasteiger charge is -2.13. The van der Waals surface area contributed by atoms with Crippen LogP contribution in [0.1, 0.15) is 39.2 Å². The minimum Gasteiger partial charge on any atom is -0.368 e. The minimum absolute atomic E-state index is 0.409. The first-order valence-electron chi connectivity index (χ1n) is 7.19. The Kier molecular flexibility index (Phi) is 4.61. The highest BCUT2D eigenvalue weighted by atomic mass is 15.0. The Balaban J connectivity index is 2.16. The average Bonchev–Trinajstić information content (AvgIpc) is 2.82. The highest BCUT2D eigenvalue weighted by molar-refractivity contribution is 6.09. The molecule has 3 nitrogen and oxygen atoms in total. The van der Waals surface area contributed by atoms with E-state index in [0.717, 1.165) is 35.5 Å². The molecule has 2 aromatic rings. The quantitative estimate of drug-likeness (QED) is 0.757. The summed E-state index contributed by atoms with van der Waals surface area (Å²) in [6.45, 7) is 10.4. The maximum absolute atomic E-state index is 4.58. The molecule has 3 heteroatoms. The van der Waals surface area contributed by atoms with Crippen LogP contribution in [0.2, 0.25) is 0 Å². The molecule has 1 aromatic heterocycles. The number of fused-ring (bicyclic) bond motifs is 1. The van der Waals surface area contributed by atoms with Gasteiger partial charge in [0.05, 0.1) is 0 Å². The Labute approximate surface area is 120 Å². The third-order valence-corrected chi connectivity index (χ3v) is 3.42. The normalized spacial score (nSPS) is 13.4. The molecule has 2 N–H and O–H groups in total. The number of benzene rings is 1. The van der Waals surface area contributed by atoms with Crippen molar-refractivity contribution >= 4 is 16.6 Å². The van der Waals surface area contributed by atoms with Crippen LogP contribution in [-0.4, -0.2) is 16.7 Å². The van der Waals surface area contributed by atoms with Gasteiger partial charge in [0.1, 0.15) is 5.82 Å². The van der Waals surface area contributed by atoms with Crippen molar-refractivity contribution < 1.29 is 0 Å². The van der Waals surface area contributed by atoms with Crippen LogP contribution in [0.3, 0.4) is 0 Å². The predicted octanol–water partition coefficient (Wildman–Crippen LogP) is 4.23. The van der Waals surface area contributed by atoms with Gasteiger partial charge in [-0.2, -0.15) is 0 Å². The van der Waals surface area contributed by atoms with Crippen LogP contribution in [0.5, 0.6) is 0 Å². The number of hydrogen-bond acceptors (Lipinski definition) is 2. The van der Waals surface area contributed by atoms with Crippen molar-refractivity contribution in [2.45, 2.75) is 39.7 Å². The second-order valence-electron chi connectivity index (χ2n) is 5.23. The third kappa shape index (κ3) is 3.29. The largest absolute Gasteiger partial charge is 0.368 e. The molecule has 0 saturated carbocycles. The zero-order valence-corrected chi connectivity index (χ0v) is 12.5. The number of para-hydroxylation sites is 1. The molecule has 0 aliphatic carbocycles. The molecular weight excluding hydrogens is 246 g/mol. The lowest BCUT2D eigenvalue weighted by Crippen LogP contribution is -2.24. The van der Waals surface area contributed by atoms with Crippen LogP contribution >= 0.6 is 0 Å². The van der Waals surface area contributed by atoms with E-state index in [1.165, 1.54) is 5.39 Å². The van der Waals surface area contributed by atoms with E-state index in [-0.39, 0.29) is 0 Å². The van der Waals surface area contributed by atoms with Gasteiger partial charge >= 0.3 is 0 Å². The highest BCUT2D eigenvalue weighted by Crippen LogP contribution is 2.18. The highest BCUT2D eigenvalue weighted by Gasteiger charge is 2.07. The van der Waals surface area contributed by atoms with Crippen LogP contribution in [-0.2, 0) is 0 Å². The fraction of sp³-hybridized carbons (Fsp3) is 0.353. The van der Waals surface area contributed by atoms with Gasteiger partial charge in [0.2, 0.25) is 0 Å². The molecule has 1 heterocycles. The summed E-state index contributed by atoms with van der Waals surface area (Å²) in [7, 11) is 0. The smallest absolute Gasteiger partial charge is 0.119 e. The number of aromatic amines is 1. The van der Waals surface area contributed by atoms with Gasteiger partial charge in [-0.1, -0.05) is 38.1 Å². The minimum atomic E-state index is 0.409. The monoisotopic (exact) mass is 269 g/mol. The number of H-pyrrole nitrogens is 1. The van der Waals surface area contributed by atoms with Gasteiger partial charge in [0.25, 0.3) is 0 Å². The van der Waals surface area contributed by atoms with Gasteiger partial charge in [-0.15, -0.1) is 0 Å². The summed E-state index contributed by atoms with van der Waals surface area (Å²) < 4.78 is 0. The number of nitrogens with zero attached hydrogens (tertiary/aromatic N) is 1. The Bertz CT molecular complexity index is 622. The fourth-order valence-corrected chi connectivity index (χ4v) is 2.46. The van der Waals surface area contributed by atoms with Crippen molar-refractivity contribution in [2.75, 3.05) is 0 Å². The summed E-state index contributed by atoms with van der Waals surface area (Å²) in [6.07, 6.45) is 4.29. The van der Waals surface area contributed by atoms with Gasteiger partial charge in [0.15, 0.2) is 0 Å². The van der Waals surface area contributed by atoms with Gasteiger partial charge in [-0.05, 0) is 26.3 Å². The summed E-state index contributed by atoms with van der Waals surface area (Å²) in [5, 5.41) is 4.53. The number of hydrogen-bond donors (Lipinski definition) is 2. The van der Waals surface area contributed by atoms with Crippen molar-refractivity contribution in [2.24, 2.45) is 4.99 Å². The van der Waals surface area contributed by atoms with Crippen molar-refractivity contribution in [1.29, 1.82) is 0 Å². The fourth-order valence-electron chi connectivity index (χ4n) is 2.46. The summed E-state index contributed by atoms with van der Waals surface area (Å²) in [6, 6.07) is 8.66. The van der Waals surface area contributed by atoms with Crippen LogP contribution < -0.4 is 5.32 Å². The Hall–Kier alpha value is -2.03. The third-order valence-electron chi connectivity index (χ3n) is 3.42. The first kappa shape index (κ1) is 14.4. The Morgan fingerprint density at radius 3 is 2.90 bits per heavy atom. The number of nitrogens with one attached hydrogen (secondary N) is 2. The van der Waals surface area contributed by atoms with Crippen LogP contribution in [0, 0.1) is 0 Å². The molecule has 0 amide bonds. The van der Waals surface area contributed by atoms with Gasteiger partial charge in [0, 0.05) is 34.4 Å². The molecule has 106 valence electrons. The maximum atomic E-state index is 4.58. The molecule has 20 heavy (non-hydrogen) atoms. The molecule has 0 saturated heterocycles. The van der Waals surface area contributed by atoms with E-state index < -0.39 is 0 Å². The lowest BCUT2D eigenvalue weighted by atomic mass is 10.1. The van der Waals surface area contributed by atoms with E-state index in [0.29, 0.717) is 6.04 Å². The number of aliphatic imine (C=N–C) groups is 1. The predicted molar refractivity (Wildman–Crippen MR) is 87.2 cm³/mol. The van der Waals surface area contributed by atoms with Crippen LogP contribution in [0.15, 0.2) is 47.9 Å². The summed E-state index contributed by atoms with van der Waals surface area (Å²) in [5.41, 5.74) is 3.24. The molecule has 0 radical (unpaired) electrons. The summed E-state index contributed by atoms with van der Waals surface area (Å²) in [5.74, 6) is 0.730. The van der Waals surface area contributed by atoms with Crippen molar-refractivity contribution in [3.63, 3.8) is 0 Å². The standard InChI is InChI=1S/C17H23N3/c1-5-8-12(2)19-14(4)20-13(3)16-11-18-17-10-7-6-9-15(16)17/h6-7,9-12,18-19H,4-5,8H2,1-3H3/b20-13+. The first-order chi connectivity index (χ1) is 9.61. The van der Waals surface area contributed by atoms with Gasteiger partial charge in [-0.25, -0.2) is 4.99 Å². The van der Waals surface area contributed by atoms with E-state index in [1.54, 1.807) is 0 Å². The topological polar surface area (TPSA) is 40.2 Å². The molecule has 1 atom stereocenters. The number of aromatic nitrogens is 1. The van der Waals surface area contributed by atoms with Crippen LogP contribution in [0.25, 0.3) is 10.9 Å². The zero-order valence-electron chi connectivity index (χ0n) is 12.5. The molecule has 0 aliphatic rings. The zero-order chi connectivity index (χ0) is 14.5. The van der Waals surface area contributed by atoms with Gasteiger partial charge in [-0.3, -0.25) is 0 Å². The average molecular weight is 269 g/mol. The molecule has 1 unspecified atom stereocenters.